The van der Waals surface area contributed by atoms with Crippen LogP contribution in [0.15, 0.2) is 59.7 Å². The third-order valence-corrected chi connectivity index (χ3v) is 12.9. The Morgan fingerprint density at radius 1 is 0.756 bits per heavy atom. The van der Waals surface area contributed by atoms with Gasteiger partial charge in [0.2, 0.25) is 0 Å². The monoisotopic (exact) mass is 600 g/mol. The van der Waals surface area contributed by atoms with E-state index in [0.29, 0.717) is 23.7 Å². The molecular weight excluding hydrogens is 544 g/mol. The Labute approximate surface area is 274 Å². The van der Waals surface area contributed by atoms with Crippen LogP contribution in [0.25, 0.3) is 22.3 Å². The number of benzene rings is 2. The second kappa shape index (κ2) is 9.30. The predicted octanol–water partition coefficient (Wildman–Crippen LogP) is 11.3. The molecule has 2 aromatic carbocycles. The predicted molar refractivity (Wildman–Crippen MR) is 196 cm³/mol. The van der Waals surface area contributed by atoms with E-state index >= 15 is 0 Å². The van der Waals surface area contributed by atoms with Crippen LogP contribution >= 0.6 is 0 Å². The number of nitrogens with zero attached hydrogens (tertiary/aromatic N) is 2. The van der Waals surface area contributed by atoms with E-state index in [-0.39, 0.29) is 21.9 Å². The molecular formula is C43H56N2. The van der Waals surface area contributed by atoms with Crippen molar-refractivity contribution >= 4 is 22.5 Å². The first-order valence-corrected chi connectivity index (χ1v) is 17.5. The van der Waals surface area contributed by atoms with Crippen LogP contribution in [0.3, 0.4) is 0 Å². The summed E-state index contributed by atoms with van der Waals surface area (Å²) in [6.07, 6.45) is 11.4. The molecule has 0 amide bonds. The van der Waals surface area contributed by atoms with Crippen molar-refractivity contribution in [3.05, 3.63) is 82.0 Å². The number of rotatable bonds is 2. The molecule has 5 aliphatic rings. The first-order chi connectivity index (χ1) is 20.8. The molecule has 0 saturated heterocycles. The normalized spacial score (nSPS) is 27.8. The average Bonchev–Trinajstić information content (AvgIpc) is 3.59. The van der Waals surface area contributed by atoms with Crippen molar-refractivity contribution in [3.8, 4) is 11.1 Å². The summed E-state index contributed by atoms with van der Waals surface area (Å²) >= 11 is 0. The lowest BCUT2D eigenvalue weighted by molar-refractivity contribution is 0.209. The molecule has 0 N–H and O–H groups in total. The highest BCUT2D eigenvalue weighted by atomic mass is 15.2. The molecule has 1 fully saturated rings. The third-order valence-electron chi connectivity index (χ3n) is 12.9. The molecule has 3 atom stereocenters. The minimum Gasteiger partial charge on any atom is -0.365 e. The molecule has 0 spiro atoms. The Hall–Kier alpha value is -3.00. The largest absolute Gasteiger partial charge is 0.365 e. The first kappa shape index (κ1) is 30.6. The van der Waals surface area contributed by atoms with E-state index in [1.165, 1.54) is 56.8 Å². The van der Waals surface area contributed by atoms with Crippen LogP contribution in [0, 0.1) is 28.6 Å². The summed E-state index contributed by atoms with van der Waals surface area (Å²) in [4.78, 5) is 5.03. The summed E-state index contributed by atoms with van der Waals surface area (Å²) in [5, 5.41) is 0. The molecule has 3 unspecified atom stereocenters. The molecule has 0 bridgehead atoms. The van der Waals surface area contributed by atoms with Crippen molar-refractivity contribution in [2.45, 2.75) is 107 Å². The summed E-state index contributed by atoms with van der Waals surface area (Å²) in [6, 6.07) is 10.4. The van der Waals surface area contributed by atoms with Crippen LogP contribution in [0.5, 0.6) is 0 Å². The fraction of sp³-hybridized carbons (Fsp3) is 0.535. The van der Waals surface area contributed by atoms with Crippen LogP contribution in [-0.2, 0) is 0 Å². The maximum Gasteiger partial charge on any atom is 0.0531 e. The van der Waals surface area contributed by atoms with Gasteiger partial charge in [-0.25, -0.2) is 0 Å². The van der Waals surface area contributed by atoms with Gasteiger partial charge in [-0.15, -0.1) is 0 Å². The molecule has 1 saturated carbocycles. The Morgan fingerprint density at radius 2 is 1.22 bits per heavy atom. The van der Waals surface area contributed by atoms with Gasteiger partial charge >= 0.3 is 0 Å². The van der Waals surface area contributed by atoms with Gasteiger partial charge in [-0.3, -0.25) is 0 Å². The van der Waals surface area contributed by atoms with E-state index in [2.05, 4.69) is 156 Å². The van der Waals surface area contributed by atoms with Crippen molar-refractivity contribution in [1.29, 1.82) is 0 Å². The maximum absolute atomic E-state index is 2.66. The van der Waals surface area contributed by atoms with Crippen molar-refractivity contribution < 1.29 is 0 Å². The van der Waals surface area contributed by atoms with Gasteiger partial charge in [0, 0.05) is 53.8 Å². The molecule has 2 heterocycles. The lowest BCUT2D eigenvalue weighted by atomic mass is 9.60. The minimum atomic E-state index is -0.0240. The van der Waals surface area contributed by atoms with Crippen molar-refractivity contribution in [1.82, 2.24) is 0 Å². The Kier molecular flexibility index (Phi) is 6.33. The molecule has 0 aromatic heterocycles. The van der Waals surface area contributed by atoms with E-state index in [0.717, 1.165) is 0 Å². The number of allylic oxidation sites excluding steroid dienone is 6. The molecule has 2 heteroatoms. The van der Waals surface area contributed by atoms with Crippen LogP contribution in [-0.4, -0.2) is 25.2 Å². The molecule has 238 valence electrons. The lowest BCUT2D eigenvalue weighted by Gasteiger charge is -2.45. The van der Waals surface area contributed by atoms with Gasteiger partial charge in [0.1, 0.15) is 0 Å². The zero-order valence-electron chi connectivity index (χ0n) is 30.5. The molecule has 3 aliphatic carbocycles. The lowest BCUT2D eigenvalue weighted by Crippen LogP contribution is -2.42. The van der Waals surface area contributed by atoms with E-state index in [9.17, 15) is 0 Å². The van der Waals surface area contributed by atoms with E-state index in [1.54, 1.807) is 16.7 Å². The zero-order chi connectivity index (χ0) is 32.8. The van der Waals surface area contributed by atoms with Gasteiger partial charge in [-0.05, 0) is 128 Å². The first-order valence-electron chi connectivity index (χ1n) is 17.5. The summed E-state index contributed by atoms with van der Waals surface area (Å²) in [5.41, 5.74) is 17.7. The summed E-state index contributed by atoms with van der Waals surface area (Å²) < 4.78 is 0. The van der Waals surface area contributed by atoms with Crippen molar-refractivity contribution in [2.24, 2.45) is 28.6 Å². The number of likely N-dealkylation sites (N-methyl/N-ethyl adjacent to an activating group) is 2. The van der Waals surface area contributed by atoms with Gasteiger partial charge in [0.15, 0.2) is 0 Å². The number of anilines is 2. The SMILES string of the molecule is CC1=CC(C)(C)N(C)c2cc3c(cc21)-c1cc2c(cc1C3C1(C(C)C)CC(C)C3C=C(C(C)(C)C)C=C31)N(C)C(C)(C)C=C2C. The molecule has 0 radical (unpaired) electrons. The van der Waals surface area contributed by atoms with E-state index < -0.39 is 0 Å². The molecule has 2 aromatic rings. The Morgan fingerprint density at radius 3 is 1.64 bits per heavy atom. The second-order valence-corrected chi connectivity index (χ2v) is 17.8. The van der Waals surface area contributed by atoms with E-state index in [4.69, 9.17) is 0 Å². The standard InChI is InChI=1S/C43H56N2/c1-24(2)43(23-27(5)29-15-28(16-36(29)43)40(6,7)8)39-34-19-37-30(25(3)21-41(9,10)44(37)13)17-32(34)33-18-31-26(4)22-42(11,12)45(14)38(31)20-35(33)39/h15-22,24,27,29,39H,23H2,1-14H3. The quantitative estimate of drug-likeness (QED) is 0.338. The van der Waals surface area contributed by atoms with Gasteiger partial charge < -0.3 is 9.80 Å². The van der Waals surface area contributed by atoms with E-state index in [1.807, 2.05) is 0 Å². The van der Waals surface area contributed by atoms with Crippen LogP contribution in [0.4, 0.5) is 11.4 Å². The van der Waals surface area contributed by atoms with Gasteiger partial charge in [-0.1, -0.05) is 71.4 Å². The van der Waals surface area contributed by atoms with Crippen molar-refractivity contribution in [2.75, 3.05) is 23.9 Å². The molecule has 45 heavy (non-hydrogen) atoms. The summed E-state index contributed by atoms with van der Waals surface area (Å²) in [7, 11) is 4.58. The smallest absolute Gasteiger partial charge is 0.0531 e. The molecule has 2 aliphatic heterocycles. The van der Waals surface area contributed by atoms with Crippen LogP contribution in [0.1, 0.15) is 118 Å². The Balaban J connectivity index is 1.55. The number of hydrogen-bond donors (Lipinski definition) is 0. The van der Waals surface area contributed by atoms with Crippen LogP contribution in [0.2, 0.25) is 0 Å². The molecule has 7 rings (SSSR count). The highest BCUT2D eigenvalue weighted by Gasteiger charge is 2.58. The number of hydrogen-bond acceptors (Lipinski definition) is 2. The van der Waals surface area contributed by atoms with Gasteiger partial charge in [0.05, 0.1) is 11.1 Å². The highest BCUT2D eigenvalue weighted by molar-refractivity contribution is 5.94. The second-order valence-electron chi connectivity index (χ2n) is 17.8. The number of fused-ring (bicyclic) bond motifs is 6. The summed E-state index contributed by atoms with van der Waals surface area (Å²) in [5.74, 6) is 1.98. The van der Waals surface area contributed by atoms with Crippen LogP contribution < -0.4 is 9.80 Å². The zero-order valence-corrected chi connectivity index (χ0v) is 30.5. The average molecular weight is 601 g/mol. The summed E-state index contributed by atoms with van der Waals surface area (Å²) in [6.45, 7) is 28.7. The highest BCUT2D eigenvalue weighted by Crippen LogP contribution is 2.69. The van der Waals surface area contributed by atoms with Gasteiger partial charge in [-0.2, -0.15) is 0 Å². The topological polar surface area (TPSA) is 6.48 Å². The Bertz CT molecular complexity index is 1670. The van der Waals surface area contributed by atoms with Crippen molar-refractivity contribution in [3.63, 3.8) is 0 Å². The fourth-order valence-corrected chi connectivity index (χ4v) is 10.0. The third kappa shape index (κ3) is 4.06. The molecule has 2 nitrogen and oxygen atoms in total. The minimum absolute atomic E-state index is 0.0240. The fourth-order valence-electron chi connectivity index (χ4n) is 10.0. The maximum atomic E-state index is 2.66. The van der Waals surface area contributed by atoms with Gasteiger partial charge in [0.25, 0.3) is 0 Å².